The highest BCUT2D eigenvalue weighted by molar-refractivity contribution is 6.10. The molecule has 0 aliphatic carbocycles. The molecule has 0 N–H and O–H groups in total. The van der Waals surface area contributed by atoms with E-state index in [1.54, 1.807) is 7.05 Å². The van der Waals surface area contributed by atoms with Crippen LogP contribution in [0.4, 0.5) is 0 Å². The van der Waals surface area contributed by atoms with Crippen LogP contribution in [-0.2, 0) is 0 Å². The third-order valence-electron chi connectivity index (χ3n) is 4.07. The van der Waals surface area contributed by atoms with Crippen LogP contribution < -0.4 is 0 Å². The molecule has 3 aromatic rings. The maximum Gasteiger partial charge on any atom is 0.160 e. The first-order chi connectivity index (χ1) is 12.7. The van der Waals surface area contributed by atoms with Gasteiger partial charge in [0.15, 0.2) is 5.82 Å². The summed E-state index contributed by atoms with van der Waals surface area (Å²) in [6.45, 7) is 4.14. The van der Waals surface area contributed by atoms with Crippen molar-refractivity contribution in [2.45, 2.75) is 20.3 Å². The van der Waals surface area contributed by atoms with Crippen molar-refractivity contribution >= 4 is 11.8 Å². The zero-order valence-electron chi connectivity index (χ0n) is 15.5. The van der Waals surface area contributed by atoms with Gasteiger partial charge in [0.05, 0.1) is 5.69 Å². The van der Waals surface area contributed by atoms with Crippen LogP contribution in [0.2, 0.25) is 0 Å². The Morgan fingerprint density at radius 1 is 0.962 bits per heavy atom. The van der Waals surface area contributed by atoms with Gasteiger partial charge in [0, 0.05) is 30.1 Å². The van der Waals surface area contributed by atoms with Gasteiger partial charge in [0.1, 0.15) is 0 Å². The lowest BCUT2D eigenvalue weighted by Gasteiger charge is -2.09. The van der Waals surface area contributed by atoms with Crippen molar-refractivity contribution in [3.05, 3.63) is 78.0 Å². The van der Waals surface area contributed by atoms with E-state index in [0.717, 1.165) is 45.9 Å². The minimum absolute atomic E-state index is 0.755. The maximum atomic E-state index is 4.80. The molecule has 3 rings (SSSR count). The minimum atomic E-state index is 0.755. The molecule has 3 nitrogen and oxygen atoms in total. The number of rotatable bonds is 5. The Balaban J connectivity index is 2.06. The average Bonchev–Trinajstić information content (AvgIpc) is 2.68. The summed E-state index contributed by atoms with van der Waals surface area (Å²) in [5.41, 5.74) is 6.27. The van der Waals surface area contributed by atoms with Crippen LogP contribution in [0, 0.1) is 6.92 Å². The lowest BCUT2D eigenvalue weighted by molar-refractivity contribution is 1.11. The molecule has 1 aromatic heterocycles. The predicted molar refractivity (Wildman–Crippen MR) is 110 cm³/mol. The molecule has 0 saturated heterocycles. The molecule has 0 atom stereocenters. The number of aromatic nitrogens is 2. The standard InChI is InChI=1S/C23H23N3/c1-4-9-21(16-24-3)19-12-8-13-20(15-19)22-14-17(2)25-23(26-22)18-10-6-5-7-11-18/h5-16H,4H2,1-3H3/b21-9+,24-16?. The van der Waals surface area contributed by atoms with E-state index < -0.39 is 0 Å². The number of hydrogen-bond acceptors (Lipinski definition) is 3. The Bertz CT molecular complexity index is 941. The van der Waals surface area contributed by atoms with Gasteiger partial charge in [0.25, 0.3) is 0 Å². The Kier molecular flexibility index (Phi) is 5.69. The molecule has 0 spiro atoms. The lowest BCUT2D eigenvalue weighted by atomic mass is 10.0. The van der Waals surface area contributed by atoms with Crippen LogP contribution in [0.1, 0.15) is 24.6 Å². The number of hydrogen-bond donors (Lipinski definition) is 0. The van der Waals surface area contributed by atoms with Gasteiger partial charge >= 0.3 is 0 Å². The summed E-state index contributed by atoms with van der Waals surface area (Å²) < 4.78 is 0. The summed E-state index contributed by atoms with van der Waals surface area (Å²) in [5, 5.41) is 0. The van der Waals surface area contributed by atoms with Crippen LogP contribution in [0.15, 0.2) is 71.7 Å². The zero-order chi connectivity index (χ0) is 18.4. The summed E-state index contributed by atoms with van der Waals surface area (Å²) in [6.07, 6.45) is 5.06. The molecule has 0 fully saturated rings. The third kappa shape index (κ3) is 4.12. The Morgan fingerprint density at radius 2 is 1.73 bits per heavy atom. The van der Waals surface area contributed by atoms with Crippen molar-refractivity contribution < 1.29 is 0 Å². The highest BCUT2D eigenvalue weighted by Gasteiger charge is 2.08. The second-order valence-electron chi connectivity index (χ2n) is 6.12. The topological polar surface area (TPSA) is 38.1 Å². The van der Waals surface area contributed by atoms with Crippen molar-refractivity contribution in [3.8, 4) is 22.6 Å². The molecule has 26 heavy (non-hydrogen) atoms. The number of aliphatic imine (C=N–C) groups is 1. The van der Waals surface area contributed by atoms with Crippen LogP contribution >= 0.6 is 0 Å². The van der Waals surface area contributed by atoms with Gasteiger partial charge in [-0.3, -0.25) is 4.99 Å². The van der Waals surface area contributed by atoms with Gasteiger partial charge in [0.2, 0.25) is 0 Å². The number of nitrogens with zero attached hydrogens (tertiary/aromatic N) is 3. The van der Waals surface area contributed by atoms with Crippen molar-refractivity contribution in [1.29, 1.82) is 0 Å². The number of benzene rings is 2. The molecule has 0 bridgehead atoms. The fourth-order valence-corrected chi connectivity index (χ4v) is 2.89. The molecular weight excluding hydrogens is 318 g/mol. The van der Waals surface area contributed by atoms with Crippen molar-refractivity contribution in [2.75, 3.05) is 7.05 Å². The molecule has 130 valence electrons. The molecule has 0 aliphatic rings. The van der Waals surface area contributed by atoms with E-state index in [0.29, 0.717) is 0 Å². The zero-order valence-corrected chi connectivity index (χ0v) is 15.5. The maximum absolute atomic E-state index is 4.80. The SMILES string of the molecule is CC/C=C(\C=NC)c1cccc(-c2cc(C)nc(-c3ccccc3)n2)c1. The van der Waals surface area contributed by atoms with Crippen molar-refractivity contribution in [1.82, 2.24) is 9.97 Å². The van der Waals surface area contributed by atoms with Crippen LogP contribution in [0.3, 0.4) is 0 Å². The van der Waals surface area contributed by atoms with Crippen molar-refractivity contribution in [3.63, 3.8) is 0 Å². The van der Waals surface area contributed by atoms with Gasteiger partial charge in [-0.1, -0.05) is 61.5 Å². The summed E-state index contributed by atoms with van der Waals surface area (Å²) in [5.74, 6) is 0.755. The molecule has 2 aromatic carbocycles. The van der Waals surface area contributed by atoms with E-state index in [4.69, 9.17) is 4.98 Å². The van der Waals surface area contributed by atoms with Crippen LogP contribution in [0.5, 0.6) is 0 Å². The van der Waals surface area contributed by atoms with Crippen LogP contribution in [0.25, 0.3) is 28.2 Å². The smallest absolute Gasteiger partial charge is 0.160 e. The highest BCUT2D eigenvalue weighted by Crippen LogP contribution is 2.25. The monoisotopic (exact) mass is 341 g/mol. The molecule has 0 saturated carbocycles. The summed E-state index contributed by atoms with van der Waals surface area (Å²) in [4.78, 5) is 13.6. The number of aryl methyl sites for hydroxylation is 1. The summed E-state index contributed by atoms with van der Waals surface area (Å²) in [7, 11) is 1.80. The summed E-state index contributed by atoms with van der Waals surface area (Å²) in [6, 6.07) is 20.6. The molecule has 3 heteroatoms. The largest absolute Gasteiger partial charge is 0.296 e. The van der Waals surface area contributed by atoms with E-state index >= 15 is 0 Å². The normalized spacial score (nSPS) is 11.9. The second kappa shape index (κ2) is 8.34. The Morgan fingerprint density at radius 3 is 2.46 bits per heavy atom. The van der Waals surface area contributed by atoms with E-state index in [2.05, 4.69) is 47.2 Å². The third-order valence-corrected chi connectivity index (χ3v) is 4.07. The molecule has 0 radical (unpaired) electrons. The van der Waals surface area contributed by atoms with E-state index in [1.165, 1.54) is 0 Å². The quantitative estimate of drug-likeness (QED) is 0.565. The van der Waals surface area contributed by atoms with E-state index in [1.807, 2.05) is 49.5 Å². The second-order valence-corrected chi connectivity index (χ2v) is 6.12. The van der Waals surface area contributed by atoms with Gasteiger partial charge in [-0.05, 0) is 36.6 Å². The van der Waals surface area contributed by atoms with E-state index in [-0.39, 0.29) is 0 Å². The first-order valence-electron chi connectivity index (χ1n) is 8.85. The first kappa shape index (κ1) is 17.7. The van der Waals surface area contributed by atoms with Crippen molar-refractivity contribution in [2.24, 2.45) is 4.99 Å². The van der Waals surface area contributed by atoms with E-state index in [9.17, 15) is 0 Å². The molecule has 1 heterocycles. The molecule has 0 aliphatic heterocycles. The predicted octanol–water partition coefficient (Wildman–Crippen LogP) is 5.61. The first-order valence-corrected chi connectivity index (χ1v) is 8.85. The highest BCUT2D eigenvalue weighted by atomic mass is 14.9. The minimum Gasteiger partial charge on any atom is -0.296 e. The van der Waals surface area contributed by atoms with Gasteiger partial charge in [-0.2, -0.15) is 0 Å². The number of allylic oxidation sites excluding steroid dienone is 2. The average molecular weight is 341 g/mol. The summed E-state index contributed by atoms with van der Waals surface area (Å²) >= 11 is 0. The fraction of sp³-hybridized carbons (Fsp3) is 0.174. The van der Waals surface area contributed by atoms with Crippen LogP contribution in [-0.4, -0.2) is 23.2 Å². The molecular formula is C23H23N3. The Labute approximate surface area is 155 Å². The lowest BCUT2D eigenvalue weighted by Crippen LogP contribution is -1.95. The molecule has 0 unspecified atom stereocenters. The van der Waals surface area contributed by atoms with Gasteiger partial charge in [-0.15, -0.1) is 0 Å². The van der Waals surface area contributed by atoms with Gasteiger partial charge in [-0.25, -0.2) is 9.97 Å². The fourth-order valence-electron chi connectivity index (χ4n) is 2.89. The molecule has 0 amide bonds. The Hall–Kier alpha value is -3.07. The van der Waals surface area contributed by atoms with Gasteiger partial charge < -0.3 is 0 Å².